The standard InChI is InChI=1S/C12H14O2/c13-12(14)7-6-10-8-11(10)9-4-2-1-3-5-9/h1-5,10-11H,6-8H2,(H,13,14)/t10-,11-/m0/s1. The van der Waals surface area contributed by atoms with Gasteiger partial charge in [-0.05, 0) is 30.2 Å². The third-order valence-corrected chi connectivity index (χ3v) is 2.88. The van der Waals surface area contributed by atoms with Gasteiger partial charge in [-0.2, -0.15) is 0 Å². The third kappa shape index (κ3) is 2.13. The molecule has 1 aliphatic rings. The molecule has 0 heterocycles. The van der Waals surface area contributed by atoms with Crippen molar-refractivity contribution in [3.8, 4) is 0 Å². The second-order valence-corrected chi connectivity index (χ2v) is 3.95. The van der Waals surface area contributed by atoms with E-state index in [1.165, 1.54) is 5.56 Å². The van der Waals surface area contributed by atoms with Crippen LogP contribution in [0.1, 0.15) is 30.7 Å². The van der Waals surface area contributed by atoms with Gasteiger partial charge < -0.3 is 5.11 Å². The van der Waals surface area contributed by atoms with Gasteiger partial charge in [0.05, 0.1) is 0 Å². The highest BCUT2D eigenvalue weighted by molar-refractivity contribution is 5.66. The summed E-state index contributed by atoms with van der Waals surface area (Å²) < 4.78 is 0. The van der Waals surface area contributed by atoms with E-state index in [0.717, 1.165) is 12.8 Å². The van der Waals surface area contributed by atoms with Crippen LogP contribution in [0.15, 0.2) is 30.3 Å². The van der Waals surface area contributed by atoms with Crippen LogP contribution in [-0.4, -0.2) is 11.1 Å². The summed E-state index contributed by atoms with van der Waals surface area (Å²) in [7, 11) is 0. The number of hydrogen-bond acceptors (Lipinski definition) is 1. The van der Waals surface area contributed by atoms with Crippen LogP contribution in [0.3, 0.4) is 0 Å². The lowest BCUT2D eigenvalue weighted by Gasteiger charge is -1.98. The summed E-state index contributed by atoms with van der Waals surface area (Å²) in [5.41, 5.74) is 1.36. The van der Waals surface area contributed by atoms with E-state index >= 15 is 0 Å². The first-order valence-corrected chi connectivity index (χ1v) is 5.04. The number of benzene rings is 1. The molecule has 0 unspecified atom stereocenters. The van der Waals surface area contributed by atoms with Gasteiger partial charge in [-0.1, -0.05) is 30.3 Å². The first-order chi connectivity index (χ1) is 6.77. The average Bonchev–Trinajstić information content (AvgIpc) is 2.95. The number of carboxylic acids is 1. The molecule has 0 aromatic heterocycles. The maximum atomic E-state index is 10.4. The van der Waals surface area contributed by atoms with E-state index < -0.39 is 5.97 Å². The Kier molecular flexibility index (Phi) is 2.53. The highest BCUT2D eigenvalue weighted by atomic mass is 16.4. The molecule has 0 saturated heterocycles. The Labute approximate surface area is 83.6 Å². The summed E-state index contributed by atoms with van der Waals surface area (Å²) in [5, 5.41) is 8.55. The van der Waals surface area contributed by atoms with Gasteiger partial charge in [0.25, 0.3) is 0 Å². The zero-order valence-electron chi connectivity index (χ0n) is 8.02. The van der Waals surface area contributed by atoms with Crippen LogP contribution in [0, 0.1) is 5.92 Å². The maximum absolute atomic E-state index is 10.4. The largest absolute Gasteiger partial charge is 0.481 e. The molecule has 0 amide bonds. The fourth-order valence-corrected chi connectivity index (χ4v) is 1.98. The van der Waals surface area contributed by atoms with Gasteiger partial charge in [0.1, 0.15) is 0 Å². The van der Waals surface area contributed by atoms with Gasteiger partial charge in [-0.15, -0.1) is 0 Å². The van der Waals surface area contributed by atoms with Crippen molar-refractivity contribution >= 4 is 5.97 Å². The third-order valence-electron chi connectivity index (χ3n) is 2.88. The van der Waals surface area contributed by atoms with Crippen molar-refractivity contribution in [1.82, 2.24) is 0 Å². The minimum atomic E-state index is -0.677. The van der Waals surface area contributed by atoms with Crippen molar-refractivity contribution < 1.29 is 9.90 Å². The summed E-state index contributed by atoms with van der Waals surface area (Å²) >= 11 is 0. The summed E-state index contributed by atoms with van der Waals surface area (Å²) in [6.07, 6.45) is 2.31. The van der Waals surface area contributed by atoms with Gasteiger partial charge in [-0.3, -0.25) is 4.79 Å². The van der Waals surface area contributed by atoms with Crippen LogP contribution in [0.4, 0.5) is 0 Å². The van der Waals surface area contributed by atoms with Crippen LogP contribution in [0.2, 0.25) is 0 Å². The molecule has 1 aromatic rings. The second kappa shape index (κ2) is 3.82. The molecule has 2 heteroatoms. The van der Waals surface area contributed by atoms with Gasteiger partial charge in [0, 0.05) is 6.42 Å². The van der Waals surface area contributed by atoms with Gasteiger partial charge in [0.15, 0.2) is 0 Å². The van der Waals surface area contributed by atoms with E-state index in [4.69, 9.17) is 5.11 Å². The van der Waals surface area contributed by atoms with Crippen LogP contribution >= 0.6 is 0 Å². The van der Waals surface area contributed by atoms with E-state index in [9.17, 15) is 4.79 Å². The zero-order chi connectivity index (χ0) is 9.97. The quantitative estimate of drug-likeness (QED) is 0.792. The smallest absolute Gasteiger partial charge is 0.303 e. The first kappa shape index (κ1) is 9.25. The normalized spacial score (nSPS) is 24.6. The predicted molar refractivity (Wildman–Crippen MR) is 54.2 cm³/mol. The topological polar surface area (TPSA) is 37.3 Å². The lowest BCUT2D eigenvalue weighted by molar-refractivity contribution is -0.137. The molecule has 1 saturated carbocycles. The van der Waals surface area contributed by atoms with Crippen molar-refractivity contribution in [2.75, 3.05) is 0 Å². The molecular weight excluding hydrogens is 176 g/mol. The highest BCUT2D eigenvalue weighted by Gasteiger charge is 2.37. The second-order valence-electron chi connectivity index (χ2n) is 3.95. The first-order valence-electron chi connectivity index (χ1n) is 5.04. The van der Waals surface area contributed by atoms with Crippen molar-refractivity contribution in [3.63, 3.8) is 0 Å². The monoisotopic (exact) mass is 190 g/mol. The van der Waals surface area contributed by atoms with Crippen LogP contribution in [0.5, 0.6) is 0 Å². The number of aliphatic carboxylic acids is 1. The molecule has 0 aliphatic heterocycles. The molecule has 1 aliphatic carbocycles. The molecule has 0 bridgehead atoms. The number of carboxylic acid groups (broad SMARTS) is 1. The number of hydrogen-bond donors (Lipinski definition) is 1. The van der Waals surface area contributed by atoms with Crippen LogP contribution in [0.25, 0.3) is 0 Å². The Morgan fingerprint density at radius 1 is 1.36 bits per heavy atom. The molecule has 2 atom stereocenters. The minimum absolute atomic E-state index is 0.313. The van der Waals surface area contributed by atoms with E-state index in [-0.39, 0.29) is 0 Å². The average molecular weight is 190 g/mol. The van der Waals surface area contributed by atoms with Crippen LogP contribution in [-0.2, 0) is 4.79 Å². The van der Waals surface area contributed by atoms with Gasteiger partial charge in [0.2, 0.25) is 0 Å². The van der Waals surface area contributed by atoms with E-state index in [1.807, 2.05) is 18.2 Å². The molecule has 74 valence electrons. The zero-order valence-corrected chi connectivity index (χ0v) is 8.02. The molecule has 1 fully saturated rings. The predicted octanol–water partition coefficient (Wildman–Crippen LogP) is 2.65. The molecule has 14 heavy (non-hydrogen) atoms. The molecule has 0 spiro atoms. The van der Waals surface area contributed by atoms with Crippen molar-refractivity contribution in [1.29, 1.82) is 0 Å². The summed E-state index contributed by atoms with van der Waals surface area (Å²) in [5.74, 6) is 0.549. The van der Waals surface area contributed by atoms with E-state index in [0.29, 0.717) is 18.3 Å². The molecule has 2 rings (SSSR count). The van der Waals surface area contributed by atoms with Gasteiger partial charge >= 0.3 is 5.97 Å². The Bertz CT molecular complexity index is 318. The maximum Gasteiger partial charge on any atom is 0.303 e. The molecule has 2 nitrogen and oxygen atoms in total. The Morgan fingerprint density at radius 3 is 2.71 bits per heavy atom. The SMILES string of the molecule is O=C(O)CC[C@H]1C[C@H]1c1ccccc1. The molecule has 0 radical (unpaired) electrons. The lowest BCUT2D eigenvalue weighted by Crippen LogP contribution is -1.95. The molecular formula is C12H14O2. The Balaban J connectivity index is 1.85. The number of rotatable bonds is 4. The number of carbonyl (C=O) groups is 1. The van der Waals surface area contributed by atoms with Crippen molar-refractivity contribution in [2.45, 2.75) is 25.2 Å². The van der Waals surface area contributed by atoms with E-state index in [1.54, 1.807) is 0 Å². The fourth-order valence-electron chi connectivity index (χ4n) is 1.98. The molecule has 1 aromatic carbocycles. The fraction of sp³-hybridized carbons (Fsp3) is 0.417. The summed E-state index contributed by atoms with van der Waals surface area (Å²) in [6, 6.07) is 10.4. The molecule has 1 N–H and O–H groups in total. The summed E-state index contributed by atoms with van der Waals surface area (Å²) in [6.45, 7) is 0. The lowest BCUT2D eigenvalue weighted by atomic mass is 10.1. The minimum Gasteiger partial charge on any atom is -0.481 e. The van der Waals surface area contributed by atoms with Gasteiger partial charge in [-0.25, -0.2) is 0 Å². The Hall–Kier alpha value is -1.31. The van der Waals surface area contributed by atoms with Crippen molar-refractivity contribution in [3.05, 3.63) is 35.9 Å². The Morgan fingerprint density at radius 2 is 2.07 bits per heavy atom. The van der Waals surface area contributed by atoms with Crippen LogP contribution < -0.4 is 0 Å². The van der Waals surface area contributed by atoms with E-state index in [2.05, 4.69) is 12.1 Å². The van der Waals surface area contributed by atoms with Crippen molar-refractivity contribution in [2.24, 2.45) is 5.92 Å². The highest BCUT2D eigenvalue weighted by Crippen LogP contribution is 2.49. The summed E-state index contributed by atoms with van der Waals surface area (Å²) in [4.78, 5) is 10.4.